The Kier molecular flexibility index (Phi) is 2.68. The van der Waals surface area contributed by atoms with Gasteiger partial charge in [0.2, 0.25) is 0 Å². The van der Waals surface area contributed by atoms with Crippen LogP contribution in [-0.2, 0) is 0 Å². The summed E-state index contributed by atoms with van der Waals surface area (Å²) in [6.45, 7) is 8.40. The van der Waals surface area contributed by atoms with E-state index in [2.05, 4.69) is 32.7 Å². The van der Waals surface area contributed by atoms with Crippen LogP contribution in [0.25, 0.3) is 0 Å². The molecule has 0 aliphatic rings. The summed E-state index contributed by atoms with van der Waals surface area (Å²) in [5, 5.41) is 0. The number of hydrogen-bond acceptors (Lipinski definition) is 1. The van der Waals surface area contributed by atoms with Crippen molar-refractivity contribution in [1.82, 2.24) is 0 Å². The molecule has 0 rings (SSSR count). The maximum Gasteiger partial charge on any atom is 0.0804 e. The van der Waals surface area contributed by atoms with Crippen molar-refractivity contribution in [2.75, 3.05) is 0 Å². The Morgan fingerprint density at radius 1 is 1.44 bits per heavy atom. The van der Waals surface area contributed by atoms with Gasteiger partial charge in [-0.1, -0.05) is 13.8 Å². The molecule has 0 radical (unpaired) electrons. The molecule has 2 heteroatoms. The van der Waals surface area contributed by atoms with E-state index in [9.17, 15) is 0 Å². The van der Waals surface area contributed by atoms with Crippen molar-refractivity contribution in [2.24, 2.45) is 16.6 Å². The zero-order valence-electron chi connectivity index (χ0n) is 6.68. The van der Waals surface area contributed by atoms with Gasteiger partial charge in [0, 0.05) is 0 Å². The first kappa shape index (κ1) is 8.47. The van der Waals surface area contributed by atoms with Gasteiger partial charge in [-0.2, -0.15) is 0 Å². The van der Waals surface area contributed by atoms with Gasteiger partial charge in [0.05, 0.1) is 11.9 Å². The zero-order chi connectivity index (χ0) is 7.49. The molecule has 0 unspecified atom stereocenters. The molecule has 0 fully saturated rings. The van der Waals surface area contributed by atoms with Gasteiger partial charge in [0.25, 0.3) is 0 Å². The first-order chi connectivity index (χ1) is 4.00. The van der Waals surface area contributed by atoms with Crippen LogP contribution in [0.3, 0.4) is 0 Å². The topological polar surface area (TPSA) is 38.4 Å². The molecule has 0 aromatic rings. The minimum atomic E-state index is -0.00521. The fourth-order valence-corrected chi connectivity index (χ4v) is 0.341. The Morgan fingerprint density at radius 2 is 1.89 bits per heavy atom. The van der Waals surface area contributed by atoms with Gasteiger partial charge in [-0.05, 0) is 19.8 Å². The monoisotopic (exact) mass is 128 g/mol. The van der Waals surface area contributed by atoms with E-state index in [1.54, 1.807) is 0 Å². The Morgan fingerprint density at radius 3 is 2.00 bits per heavy atom. The van der Waals surface area contributed by atoms with Crippen molar-refractivity contribution in [2.45, 2.75) is 33.2 Å². The second-order valence-electron chi connectivity index (χ2n) is 3.09. The highest BCUT2D eigenvalue weighted by atomic mass is 14.9. The lowest BCUT2D eigenvalue weighted by Gasteiger charge is -2.23. The van der Waals surface area contributed by atoms with E-state index in [0.717, 1.165) is 0 Å². The second kappa shape index (κ2) is 2.85. The average Bonchev–Trinajstić information content (AvgIpc) is 1.65. The predicted octanol–water partition coefficient (Wildman–Crippen LogP) is 1.41. The summed E-state index contributed by atoms with van der Waals surface area (Å²) in [5.74, 6) is 0.539. The van der Waals surface area contributed by atoms with Crippen molar-refractivity contribution in [3.05, 3.63) is 0 Å². The molecule has 0 atom stereocenters. The smallest absolute Gasteiger partial charge is 0.0804 e. The average molecular weight is 128 g/mol. The summed E-state index contributed by atoms with van der Waals surface area (Å²) < 4.78 is 0. The van der Waals surface area contributed by atoms with Crippen LogP contribution in [0.4, 0.5) is 0 Å². The molecular weight excluding hydrogens is 112 g/mol. The van der Waals surface area contributed by atoms with Gasteiger partial charge in [-0.15, -0.1) is 0 Å². The van der Waals surface area contributed by atoms with Crippen molar-refractivity contribution in [3.8, 4) is 0 Å². The molecule has 9 heavy (non-hydrogen) atoms. The molecule has 0 heterocycles. The van der Waals surface area contributed by atoms with Gasteiger partial charge >= 0.3 is 0 Å². The SMILES string of the molecule is CC(C)C(C)(C)N=CN. The summed E-state index contributed by atoms with van der Waals surface area (Å²) in [6.07, 6.45) is 1.38. The molecule has 2 N–H and O–H groups in total. The molecule has 2 nitrogen and oxygen atoms in total. The van der Waals surface area contributed by atoms with Crippen molar-refractivity contribution < 1.29 is 0 Å². The van der Waals surface area contributed by atoms with Crippen molar-refractivity contribution >= 4 is 6.34 Å². The van der Waals surface area contributed by atoms with E-state index in [-0.39, 0.29) is 5.54 Å². The fraction of sp³-hybridized carbons (Fsp3) is 0.857. The maximum atomic E-state index is 5.16. The van der Waals surface area contributed by atoms with Crippen molar-refractivity contribution in [1.29, 1.82) is 0 Å². The number of hydrogen-bond donors (Lipinski definition) is 1. The van der Waals surface area contributed by atoms with Crippen LogP contribution in [0.2, 0.25) is 0 Å². The molecule has 0 aliphatic heterocycles. The van der Waals surface area contributed by atoms with E-state index >= 15 is 0 Å². The highest BCUT2D eigenvalue weighted by Gasteiger charge is 2.19. The maximum absolute atomic E-state index is 5.16. The van der Waals surface area contributed by atoms with Gasteiger partial charge in [-0.25, -0.2) is 0 Å². The second-order valence-corrected chi connectivity index (χ2v) is 3.09. The summed E-state index contributed by atoms with van der Waals surface area (Å²) in [7, 11) is 0. The van der Waals surface area contributed by atoms with Gasteiger partial charge in [-0.3, -0.25) is 4.99 Å². The van der Waals surface area contributed by atoms with E-state index in [0.29, 0.717) is 5.92 Å². The van der Waals surface area contributed by atoms with Crippen LogP contribution in [0.1, 0.15) is 27.7 Å². The van der Waals surface area contributed by atoms with Crippen LogP contribution in [0.15, 0.2) is 4.99 Å². The molecule has 0 aromatic carbocycles. The van der Waals surface area contributed by atoms with Gasteiger partial charge < -0.3 is 5.73 Å². The standard InChI is InChI=1S/C7H16N2/c1-6(2)7(3,4)9-5-8/h5-6H,1-4H3,(H2,8,9). The Hall–Kier alpha value is -0.530. The number of nitrogens with zero attached hydrogens (tertiary/aromatic N) is 1. The first-order valence-electron chi connectivity index (χ1n) is 3.26. The largest absolute Gasteiger partial charge is 0.390 e. The van der Waals surface area contributed by atoms with Gasteiger partial charge in [0.1, 0.15) is 0 Å². The van der Waals surface area contributed by atoms with Crippen molar-refractivity contribution in [3.63, 3.8) is 0 Å². The molecule has 0 saturated carbocycles. The normalized spacial score (nSPS) is 13.4. The predicted molar refractivity (Wildman–Crippen MR) is 41.6 cm³/mol. The van der Waals surface area contributed by atoms with Crippen LogP contribution in [0, 0.1) is 5.92 Å². The fourth-order valence-electron chi connectivity index (χ4n) is 0.341. The van der Waals surface area contributed by atoms with Gasteiger partial charge in [0.15, 0.2) is 0 Å². The number of aliphatic imine (C=N–C) groups is 1. The van der Waals surface area contributed by atoms with E-state index < -0.39 is 0 Å². The number of rotatable bonds is 2. The summed E-state index contributed by atoms with van der Waals surface area (Å²) in [6, 6.07) is 0. The molecule has 0 amide bonds. The van der Waals surface area contributed by atoms with Crippen LogP contribution in [-0.4, -0.2) is 11.9 Å². The van der Waals surface area contributed by atoms with Crippen LogP contribution in [0.5, 0.6) is 0 Å². The lowest BCUT2D eigenvalue weighted by atomic mass is 9.92. The van der Waals surface area contributed by atoms with Crippen LogP contribution >= 0.6 is 0 Å². The summed E-state index contributed by atoms with van der Waals surface area (Å²) in [4.78, 5) is 4.11. The highest BCUT2D eigenvalue weighted by Crippen LogP contribution is 2.18. The molecule has 0 spiro atoms. The third kappa shape index (κ3) is 2.49. The van der Waals surface area contributed by atoms with E-state index in [1.165, 1.54) is 6.34 Å². The molecule has 0 bridgehead atoms. The first-order valence-corrected chi connectivity index (χ1v) is 3.26. The Bertz CT molecular complexity index is 103. The summed E-state index contributed by atoms with van der Waals surface area (Å²) >= 11 is 0. The highest BCUT2D eigenvalue weighted by molar-refractivity contribution is 5.52. The number of nitrogens with two attached hydrogens (primary N) is 1. The molecule has 54 valence electrons. The van der Waals surface area contributed by atoms with Crippen LogP contribution < -0.4 is 5.73 Å². The Balaban J connectivity index is 4.01. The lowest BCUT2D eigenvalue weighted by molar-refractivity contribution is 0.378. The quantitative estimate of drug-likeness (QED) is 0.443. The van der Waals surface area contributed by atoms with E-state index in [4.69, 9.17) is 5.73 Å². The molecule has 0 aromatic heterocycles. The Labute approximate surface area is 57.2 Å². The minimum Gasteiger partial charge on any atom is -0.390 e. The summed E-state index contributed by atoms with van der Waals surface area (Å²) in [5.41, 5.74) is 5.16. The lowest BCUT2D eigenvalue weighted by Crippen LogP contribution is -2.25. The van der Waals surface area contributed by atoms with E-state index in [1.807, 2.05) is 0 Å². The molecule has 0 saturated heterocycles. The minimum absolute atomic E-state index is 0.00521. The molecular formula is C7H16N2. The molecule has 0 aliphatic carbocycles. The zero-order valence-corrected chi connectivity index (χ0v) is 6.68. The third-order valence-electron chi connectivity index (χ3n) is 1.82. The third-order valence-corrected chi connectivity index (χ3v) is 1.82.